The molecule has 0 spiro atoms. The van der Waals surface area contributed by atoms with Gasteiger partial charge in [-0.1, -0.05) is 5.16 Å². The summed E-state index contributed by atoms with van der Waals surface area (Å²) in [7, 11) is 1.47. The van der Waals surface area contributed by atoms with Crippen LogP contribution in [0.5, 0.6) is 0 Å². The SMILES string of the molecule is Cc1noc(C)c1CN(C)C(=O)Nc1ccc(F)c(C(F)(F)F)c1. The van der Waals surface area contributed by atoms with Crippen molar-refractivity contribution in [2.45, 2.75) is 26.6 Å². The molecule has 5 nitrogen and oxygen atoms in total. The topological polar surface area (TPSA) is 58.4 Å². The van der Waals surface area contributed by atoms with Gasteiger partial charge in [0.1, 0.15) is 11.6 Å². The van der Waals surface area contributed by atoms with E-state index in [4.69, 9.17) is 4.52 Å². The third-order valence-corrected chi connectivity index (χ3v) is 3.45. The van der Waals surface area contributed by atoms with Crippen molar-refractivity contribution < 1.29 is 26.9 Å². The Morgan fingerprint density at radius 3 is 2.54 bits per heavy atom. The first-order valence-electron chi connectivity index (χ1n) is 6.90. The molecule has 0 aliphatic rings. The van der Waals surface area contributed by atoms with Gasteiger partial charge in [0.05, 0.1) is 17.8 Å². The molecular formula is C15H15F4N3O2. The van der Waals surface area contributed by atoms with Crippen LogP contribution >= 0.6 is 0 Å². The Morgan fingerprint density at radius 2 is 2.00 bits per heavy atom. The fourth-order valence-electron chi connectivity index (χ4n) is 2.08. The van der Waals surface area contributed by atoms with Crippen LogP contribution in [0.4, 0.5) is 28.0 Å². The molecule has 2 aromatic rings. The molecule has 0 aliphatic carbocycles. The molecule has 0 saturated heterocycles. The maximum atomic E-state index is 13.2. The number of halogens is 4. The van der Waals surface area contributed by atoms with Gasteiger partial charge in [-0.25, -0.2) is 9.18 Å². The van der Waals surface area contributed by atoms with Gasteiger partial charge in [-0.2, -0.15) is 13.2 Å². The number of carbonyl (C=O) groups excluding carboxylic acids is 1. The van der Waals surface area contributed by atoms with Crippen molar-refractivity contribution in [3.05, 3.63) is 46.6 Å². The second kappa shape index (κ2) is 6.50. The minimum Gasteiger partial charge on any atom is -0.361 e. The molecule has 1 aromatic carbocycles. The van der Waals surface area contributed by atoms with Gasteiger partial charge in [-0.15, -0.1) is 0 Å². The zero-order chi connectivity index (χ0) is 18.1. The Bertz CT molecular complexity index is 736. The van der Waals surface area contributed by atoms with Gasteiger partial charge >= 0.3 is 12.2 Å². The molecule has 0 atom stereocenters. The van der Waals surface area contributed by atoms with Crippen LogP contribution in [0.25, 0.3) is 0 Å². The minimum atomic E-state index is -4.84. The first kappa shape index (κ1) is 17.8. The number of nitrogens with zero attached hydrogens (tertiary/aromatic N) is 2. The van der Waals surface area contributed by atoms with Crippen LogP contribution in [0.15, 0.2) is 22.7 Å². The van der Waals surface area contributed by atoms with Crippen LogP contribution in [-0.2, 0) is 12.7 Å². The normalized spacial score (nSPS) is 11.5. The van der Waals surface area contributed by atoms with Crippen LogP contribution in [0.3, 0.4) is 0 Å². The fraction of sp³-hybridized carbons (Fsp3) is 0.333. The highest BCUT2D eigenvalue weighted by Gasteiger charge is 2.34. The van der Waals surface area contributed by atoms with E-state index >= 15 is 0 Å². The van der Waals surface area contributed by atoms with E-state index in [0.717, 1.165) is 6.07 Å². The van der Waals surface area contributed by atoms with Crippen molar-refractivity contribution in [1.82, 2.24) is 10.1 Å². The van der Waals surface area contributed by atoms with E-state index < -0.39 is 23.6 Å². The van der Waals surface area contributed by atoms with E-state index in [0.29, 0.717) is 29.2 Å². The van der Waals surface area contributed by atoms with Gasteiger partial charge in [0.25, 0.3) is 0 Å². The second-order valence-corrected chi connectivity index (χ2v) is 5.28. The number of alkyl halides is 3. The molecule has 24 heavy (non-hydrogen) atoms. The third kappa shape index (κ3) is 3.84. The molecular weight excluding hydrogens is 330 g/mol. The number of anilines is 1. The lowest BCUT2D eigenvalue weighted by molar-refractivity contribution is -0.139. The molecule has 0 aliphatic heterocycles. The average Bonchev–Trinajstić information content (AvgIpc) is 2.79. The molecule has 130 valence electrons. The summed E-state index contributed by atoms with van der Waals surface area (Å²) in [5.74, 6) is -0.849. The molecule has 0 radical (unpaired) electrons. The summed E-state index contributed by atoms with van der Waals surface area (Å²) in [6.45, 7) is 3.57. The summed E-state index contributed by atoms with van der Waals surface area (Å²) in [4.78, 5) is 13.3. The summed E-state index contributed by atoms with van der Waals surface area (Å²) < 4.78 is 56.3. The van der Waals surface area contributed by atoms with E-state index in [-0.39, 0.29) is 12.2 Å². The van der Waals surface area contributed by atoms with E-state index in [1.54, 1.807) is 13.8 Å². The molecule has 0 unspecified atom stereocenters. The van der Waals surface area contributed by atoms with Gasteiger partial charge in [0, 0.05) is 18.3 Å². The van der Waals surface area contributed by atoms with Crippen molar-refractivity contribution in [3.63, 3.8) is 0 Å². The molecule has 2 rings (SSSR count). The monoisotopic (exact) mass is 345 g/mol. The van der Waals surface area contributed by atoms with E-state index in [1.807, 2.05) is 0 Å². The largest absolute Gasteiger partial charge is 0.419 e. The quantitative estimate of drug-likeness (QED) is 0.852. The second-order valence-electron chi connectivity index (χ2n) is 5.28. The van der Waals surface area contributed by atoms with Gasteiger partial charge in [-0.05, 0) is 32.0 Å². The standard InChI is InChI=1S/C15H15F4N3O2/c1-8-11(9(2)24-21-8)7-22(3)14(23)20-10-4-5-13(16)12(6-10)15(17,18)19/h4-6H,7H2,1-3H3,(H,20,23). The number of hydrogen-bond acceptors (Lipinski definition) is 3. The summed E-state index contributed by atoms with van der Waals surface area (Å²) in [6, 6.07) is 1.63. The lowest BCUT2D eigenvalue weighted by Crippen LogP contribution is -2.31. The molecule has 0 saturated carbocycles. The number of rotatable bonds is 3. The van der Waals surface area contributed by atoms with E-state index in [9.17, 15) is 22.4 Å². The Hall–Kier alpha value is -2.58. The Kier molecular flexibility index (Phi) is 4.81. The van der Waals surface area contributed by atoms with Crippen LogP contribution in [0, 0.1) is 19.7 Å². The van der Waals surface area contributed by atoms with Crippen LogP contribution < -0.4 is 5.32 Å². The van der Waals surface area contributed by atoms with Gasteiger partial charge < -0.3 is 14.7 Å². The summed E-state index contributed by atoms with van der Waals surface area (Å²) in [6.07, 6.45) is -4.84. The first-order valence-corrected chi connectivity index (χ1v) is 6.90. The van der Waals surface area contributed by atoms with E-state index in [1.165, 1.54) is 11.9 Å². The number of urea groups is 1. The third-order valence-electron chi connectivity index (χ3n) is 3.45. The average molecular weight is 345 g/mol. The van der Waals surface area contributed by atoms with Gasteiger partial charge in [0.2, 0.25) is 0 Å². The van der Waals surface area contributed by atoms with E-state index in [2.05, 4.69) is 10.5 Å². The van der Waals surface area contributed by atoms with Crippen LogP contribution in [-0.4, -0.2) is 23.1 Å². The molecule has 0 fully saturated rings. The number of carbonyl (C=O) groups is 1. The van der Waals surface area contributed by atoms with Crippen molar-refractivity contribution in [3.8, 4) is 0 Å². The number of aryl methyl sites for hydroxylation is 2. The number of benzene rings is 1. The Morgan fingerprint density at radius 1 is 1.33 bits per heavy atom. The number of hydrogen-bond donors (Lipinski definition) is 1. The minimum absolute atomic E-state index is 0.153. The lowest BCUT2D eigenvalue weighted by Gasteiger charge is -2.18. The first-order chi connectivity index (χ1) is 11.1. The Labute approximate surface area is 135 Å². The van der Waals surface area contributed by atoms with Crippen molar-refractivity contribution in [1.29, 1.82) is 0 Å². The molecule has 9 heteroatoms. The van der Waals surface area contributed by atoms with Crippen molar-refractivity contribution in [2.24, 2.45) is 0 Å². The highest BCUT2D eigenvalue weighted by Crippen LogP contribution is 2.33. The van der Waals surface area contributed by atoms with Gasteiger partial charge in [0.15, 0.2) is 0 Å². The van der Waals surface area contributed by atoms with Crippen LogP contribution in [0.2, 0.25) is 0 Å². The van der Waals surface area contributed by atoms with Crippen LogP contribution in [0.1, 0.15) is 22.6 Å². The predicted octanol–water partition coefficient (Wildman–Crippen LogP) is 4.11. The zero-order valence-corrected chi connectivity index (χ0v) is 13.2. The maximum absolute atomic E-state index is 13.2. The molecule has 1 heterocycles. The smallest absolute Gasteiger partial charge is 0.361 e. The molecule has 1 N–H and O–H groups in total. The summed E-state index contributed by atoms with van der Waals surface area (Å²) in [5, 5.41) is 6.06. The number of aromatic nitrogens is 1. The lowest BCUT2D eigenvalue weighted by atomic mass is 10.2. The Balaban J connectivity index is 2.12. The zero-order valence-electron chi connectivity index (χ0n) is 13.2. The van der Waals surface area contributed by atoms with Crippen molar-refractivity contribution in [2.75, 3.05) is 12.4 Å². The molecule has 1 aromatic heterocycles. The molecule has 2 amide bonds. The number of amides is 2. The highest BCUT2D eigenvalue weighted by molar-refractivity contribution is 5.89. The fourth-order valence-corrected chi connectivity index (χ4v) is 2.08. The molecule has 0 bridgehead atoms. The van der Waals surface area contributed by atoms with Gasteiger partial charge in [-0.3, -0.25) is 0 Å². The summed E-state index contributed by atoms with van der Waals surface area (Å²) in [5.41, 5.74) is -0.260. The predicted molar refractivity (Wildman–Crippen MR) is 77.9 cm³/mol. The van der Waals surface area contributed by atoms with Crippen molar-refractivity contribution >= 4 is 11.7 Å². The number of nitrogens with one attached hydrogen (secondary N) is 1. The highest BCUT2D eigenvalue weighted by atomic mass is 19.4. The maximum Gasteiger partial charge on any atom is 0.419 e. The summed E-state index contributed by atoms with van der Waals surface area (Å²) >= 11 is 0.